The molecule has 0 saturated heterocycles. The smallest absolute Gasteiger partial charge is 0.258 e. The van der Waals surface area contributed by atoms with E-state index in [1.165, 1.54) is 0 Å². The van der Waals surface area contributed by atoms with Gasteiger partial charge in [-0.2, -0.15) is 5.10 Å². The third kappa shape index (κ3) is 3.43. The summed E-state index contributed by atoms with van der Waals surface area (Å²) in [6.07, 6.45) is 4.91. The van der Waals surface area contributed by atoms with Crippen LogP contribution < -0.4 is 10.1 Å². The summed E-state index contributed by atoms with van der Waals surface area (Å²) in [7, 11) is 1.55. The number of amides is 1. The molecule has 0 atom stereocenters. The zero-order valence-corrected chi connectivity index (χ0v) is 13.6. The second-order valence-electron chi connectivity index (χ2n) is 5.34. The summed E-state index contributed by atoms with van der Waals surface area (Å²) in [5.74, 6) is 0.320. The van der Waals surface area contributed by atoms with E-state index in [0.717, 1.165) is 11.3 Å². The molecule has 0 aliphatic rings. The maximum absolute atomic E-state index is 12.4. The normalized spacial score (nSPS) is 10.4. The Balaban J connectivity index is 1.74. The summed E-state index contributed by atoms with van der Waals surface area (Å²) in [5.41, 5.74) is 2.92. The number of nitrogens with one attached hydrogen (secondary N) is 1. The molecule has 2 aromatic heterocycles. The standard InChI is InChI=1S/C18H18N4O2/c1-13-17(24-2)16(8-9-19-13)21-18(23)15-10-20-22(12-15)11-14-6-4-3-5-7-14/h3-10,12H,11H2,1-2H3,(H,19,21,23). The van der Waals surface area contributed by atoms with Gasteiger partial charge in [0.15, 0.2) is 5.75 Å². The van der Waals surface area contributed by atoms with Gasteiger partial charge in [-0.1, -0.05) is 30.3 Å². The minimum absolute atomic E-state index is 0.238. The molecule has 1 N–H and O–H groups in total. The van der Waals surface area contributed by atoms with E-state index >= 15 is 0 Å². The highest BCUT2D eigenvalue weighted by atomic mass is 16.5. The number of nitrogens with zero attached hydrogens (tertiary/aromatic N) is 3. The van der Waals surface area contributed by atoms with Crippen LogP contribution in [0.2, 0.25) is 0 Å². The van der Waals surface area contributed by atoms with Gasteiger partial charge in [0.2, 0.25) is 0 Å². The van der Waals surface area contributed by atoms with E-state index in [2.05, 4.69) is 15.4 Å². The Kier molecular flexibility index (Phi) is 4.56. The quantitative estimate of drug-likeness (QED) is 0.784. The maximum atomic E-state index is 12.4. The SMILES string of the molecule is COc1c(NC(=O)c2cnn(Cc3ccccc3)c2)ccnc1C. The van der Waals surface area contributed by atoms with Gasteiger partial charge in [-0.15, -0.1) is 0 Å². The number of methoxy groups -OCH3 is 1. The fraction of sp³-hybridized carbons (Fsp3) is 0.167. The van der Waals surface area contributed by atoms with Crippen LogP contribution in [0.25, 0.3) is 0 Å². The highest BCUT2D eigenvalue weighted by Gasteiger charge is 2.13. The van der Waals surface area contributed by atoms with E-state index in [1.54, 1.807) is 36.4 Å². The van der Waals surface area contributed by atoms with Crippen LogP contribution in [0, 0.1) is 6.92 Å². The third-order valence-electron chi connectivity index (χ3n) is 3.62. The molecule has 0 saturated carbocycles. The van der Waals surface area contributed by atoms with Crippen LogP contribution in [-0.4, -0.2) is 27.8 Å². The summed E-state index contributed by atoms with van der Waals surface area (Å²) >= 11 is 0. The van der Waals surface area contributed by atoms with Crippen molar-refractivity contribution in [3.63, 3.8) is 0 Å². The molecule has 2 heterocycles. The summed E-state index contributed by atoms with van der Waals surface area (Å²) < 4.78 is 7.03. The van der Waals surface area contributed by atoms with Crippen LogP contribution in [0.3, 0.4) is 0 Å². The number of ether oxygens (including phenoxy) is 1. The molecule has 6 heteroatoms. The molecule has 0 aliphatic carbocycles. The van der Waals surface area contributed by atoms with Crippen LogP contribution in [0.1, 0.15) is 21.6 Å². The molecule has 6 nitrogen and oxygen atoms in total. The van der Waals surface area contributed by atoms with Crippen LogP contribution in [0.5, 0.6) is 5.75 Å². The van der Waals surface area contributed by atoms with Crippen molar-refractivity contribution in [1.29, 1.82) is 0 Å². The average Bonchev–Trinajstić information content (AvgIpc) is 3.05. The zero-order chi connectivity index (χ0) is 16.9. The van der Waals surface area contributed by atoms with E-state index in [1.807, 2.05) is 37.3 Å². The van der Waals surface area contributed by atoms with Crippen molar-refractivity contribution in [1.82, 2.24) is 14.8 Å². The Morgan fingerprint density at radius 2 is 2.04 bits per heavy atom. The van der Waals surface area contributed by atoms with E-state index in [-0.39, 0.29) is 5.91 Å². The Hall–Kier alpha value is -3.15. The highest BCUT2D eigenvalue weighted by molar-refractivity contribution is 6.04. The van der Waals surface area contributed by atoms with Crippen molar-refractivity contribution in [3.8, 4) is 5.75 Å². The predicted molar refractivity (Wildman–Crippen MR) is 91.3 cm³/mol. The molecule has 0 aliphatic heterocycles. The second kappa shape index (κ2) is 6.95. The monoisotopic (exact) mass is 322 g/mol. The fourth-order valence-corrected chi connectivity index (χ4v) is 2.44. The highest BCUT2D eigenvalue weighted by Crippen LogP contribution is 2.26. The number of aromatic nitrogens is 3. The number of hydrogen-bond donors (Lipinski definition) is 1. The van der Waals surface area contributed by atoms with Crippen molar-refractivity contribution in [2.45, 2.75) is 13.5 Å². The number of pyridine rings is 1. The van der Waals surface area contributed by atoms with E-state index in [4.69, 9.17) is 4.74 Å². The first-order valence-corrected chi connectivity index (χ1v) is 7.54. The molecule has 24 heavy (non-hydrogen) atoms. The number of aryl methyl sites for hydroxylation is 1. The van der Waals surface area contributed by atoms with E-state index in [0.29, 0.717) is 23.5 Å². The molecule has 3 rings (SSSR count). The molecular formula is C18H18N4O2. The lowest BCUT2D eigenvalue weighted by Crippen LogP contribution is -2.12. The average molecular weight is 322 g/mol. The fourth-order valence-electron chi connectivity index (χ4n) is 2.44. The third-order valence-corrected chi connectivity index (χ3v) is 3.62. The molecular weight excluding hydrogens is 304 g/mol. The van der Waals surface area contributed by atoms with Gasteiger partial charge in [-0.25, -0.2) is 0 Å². The molecule has 0 fully saturated rings. The largest absolute Gasteiger partial charge is 0.493 e. The minimum atomic E-state index is -0.238. The lowest BCUT2D eigenvalue weighted by Gasteiger charge is -2.10. The van der Waals surface area contributed by atoms with Gasteiger partial charge in [0, 0.05) is 12.4 Å². The second-order valence-corrected chi connectivity index (χ2v) is 5.34. The number of anilines is 1. The first-order valence-electron chi connectivity index (χ1n) is 7.54. The van der Waals surface area contributed by atoms with Gasteiger partial charge in [0.25, 0.3) is 5.91 Å². The Bertz CT molecular complexity index is 843. The lowest BCUT2D eigenvalue weighted by molar-refractivity contribution is 0.102. The molecule has 1 aromatic carbocycles. The first kappa shape index (κ1) is 15.7. The number of carbonyl (C=O) groups is 1. The van der Waals surface area contributed by atoms with Crippen molar-refractivity contribution >= 4 is 11.6 Å². The lowest BCUT2D eigenvalue weighted by atomic mass is 10.2. The molecule has 0 spiro atoms. The van der Waals surface area contributed by atoms with Gasteiger partial charge < -0.3 is 10.1 Å². The number of rotatable bonds is 5. The van der Waals surface area contributed by atoms with Gasteiger partial charge >= 0.3 is 0 Å². The summed E-state index contributed by atoms with van der Waals surface area (Å²) in [6.45, 7) is 2.44. The summed E-state index contributed by atoms with van der Waals surface area (Å²) in [5, 5.41) is 7.09. The van der Waals surface area contributed by atoms with Gasteiger partial charge in [0.1, 0.15) is 0 Å². The topological polar surface area (TPSA) is 69.0 Å². The van der Waals surface area contributed by atoms with Gasteiger partial charge in [0.05, 0.1) is 36.8 Å². The molecule has 122 valence electrons. The summed E-state index contributed by atoms with van der Waals surface area (Å²) in [6, 6.07) is 11.7. The van der Waals surface area contributed by atoms with Crippen LogP contribution >= 0.6 is 0 Å². The predicted octanol–water partition coefficient (Wildman–Crippen LogP) is 2.90. The Morgan fingerprint density at radius 1 is 1.25 bits per heavy atom. The maximum Gasteiger partial charge on any atom is 0.258 e. The Morgan fingerprint density at radius 3 is 2.79 bits per heavy atom. The summed E-state index contributed by atoms with van der Waals surface area (Å²) in [4.78, 5) is 16.6. The van der Waals surface area contributed by atoms with Crippen molar-refractivity contribution in [2.75, 3.05) is 12.4 Å². The number of benzene rings is 1. The molecule has 3 aromatic rings. The van der Waals surface area contributed by atoms with E-state index < -0.39 is 0 Å². The minimum Gasteiger partial charge on any atom is -0.493 e. The molecule has 1 amide bonds. The number of hydrogen-bond acceptors (Lipinski definition) is 4. The van der Waals surface area contributed by atoms with Crippen molar-refractivity contribution in [3.05, 3.63) is 71.8 Å². The van der Waals surface area contributed by atoms with E-state index in [9.17, 15) is 4.79 Å². The van der Waals surface area contributed by atoms with Crippen LogP contribution in [0.4, 0.5) is 5.69 Å². The van der Waals surface area contributed by atoms with Crippen LogP contribution in [-0.2, 0) is 6.54 Å². The first-order chi connectivity index (χ1) is 11.7. The zero-order valence-electron chi connectivity index (χ0n) is 13.6. The molecule has 0 unspecified atom stereocenters. The molecule has 0 bridgehead atoms. The van der Waals surface area contributed by atoms with Crippen molar-refractivity contribution < 1.29 is 9.53 Å². The van der Waals surface area contributed by atoms with Gasteiger partial charge in [-0.05, 0) is 18.6 Å². The number of carbonyl (C=O) groups excluding carboxylic acids is 1. The van der Waals surface area contributed by atoms with Crippen LogP contribution in [0.15, 0.2) is 55.0 Å². The van der Waals surface area contributed by atoms with Crippen molar-refractivity contribution in [2.24, 2.45) is 0 Å². The molecule has 0 radical (unpaired) electrons. The van der Waals surface area contributed by atoms with Gasteiger partial charge in [-0.3, -0.25) is 14.5 Å². The Labute approximate surface area is 140 Å².